The second kappa shape index (κ2) is 6.95. The third-order valence-corrected chi connectivity index (χ3v) is 3.82. The van der Waals surface area contributed by atoms with Crippen LogP contribution in [0.15, 0.2) is 12.3 Å². The van der Waals surface area contributed by atoms with Gasteiger partial charge in [0, 0.05) is 46.0 Å². The van der Waals surface area contributed by atoms with E-state index >= 15 is 0 Å². The summed E-state index contributed by atoms with van der Waals surface area (Å²) in [7, 11) is 1.64. The number of aromatic nitrogens is 1. The van der Waals surface area contributed by atoms with Crippen molar-refractivity contribution in [2.24, 2.45) is 0 Å². The molecule has 116 valence electrons. The quantitative estimate of drug-likeness (QED) is 0.889. The summed E-state index contributed by atoms with van der Waals surface area (Å²) in [5.41, 5.74) is 0.512. The van der Waals surface area contributed by atoms with Crippen LogP contribution < -0.4 is 5.32 Å². The van der Waals surface area contributed by atoms with Crippen LogP contribution in [0.5, 0.6) is 0 Å². The summed E-state index contributed by atoms with van der Waals surface area (Å²) in [5, 5.41) is 3.73. The number of carbonyl (C=O) groups is 2. The maximum Gasteiger partial charge on any atom is 0.270 e. The smallest absolute Gasteiger partial charge is 0.270 e. The zero-order chi connectivity index (χ0) is 15.4. The number of likely N-dealkylation sites (N-methyl/N-ethyl adjacent to an activating group) is 1. The normalized spacial score (nSPS) is 15.1. The molecule has 1 saturated heterocycles. The van der Waals surface area contributed by atoms with Crippen LogP contribution in [0.3, 0.4) is 0 Å². The minimum Gasteiger partial charge on any atom is -0.342 e. The van der Waals surface area contributed by atoms with Crippen LogP contribution >= 0.6 is 11.6 Å². The van der Waals surface area contributed by atoms with Crippen LogP contribution in [-0.4, -0.2) is 66.0 Å². The number of hydrogen-bond acceptors (Lipinski definition) is 3. The number of halogens is 1. The van der Waals surface area contributed by atoms with E-state index in [0.29, 0.717) is 30.4 Å². The first kappa shape index (κ1) is 15.9. The molecule has 6 nitrogen and oxygen atoms in total. The van der Waals surface area contributed by atoms with Gasteiger partial charge in [0.15, 0.2) is 0 Å². The minimum absolute atomic E-state index is 0.0203. The molecule has 0 aromatic carbocycles. The first-order valence-corrected chi connectivity index (χ1v) is 7.50. The Balaban J connectivity index is 2.00. The number of rotatable bonds is 4. The summed E-state index contributed by atoms with van der Waals surface area (Å²) >= 11 is 5.95. The van der Waals surface area contributed by atoms with Crippen LogP contribution in [0.2, 0.25) is 5.02 Å². The van der Waals surface area contributed by atoms with Crippen LogP contribution in [0, 0.1) is 0 Å². The maximum atomic E-state index is 12.4. The zero-order valence-electron chi connectivity index (χ0n) is 12.4. The van der Waals surface area contributed by atoms with E-state index < -0.39 is 0 Å². The van der Waals surface area contributed by atoms with Crippen molar-refractivity contribution in [3.8, 4) is 0 Å². The lowest BCUT2D eigenvalue weighted by Crippen LogP contribution is -2.49. The summed E-state index contributed by atoms with van der Waals surface area (Å²) in [5.74, 6) is -0.208. The Labute approximate surface area is 129 Å². The molecule has 0 radical (unpaired) electrons. The molecule has 1 aliphatic heterocycles. The Morgan fingerprint density at radius 3 is 2.67 bits per heavy atom. The summed E-state index contributed by atoms with van der Waals surface area (Å²) in [6.45, 7) is 5.68. The van der Waals surface area contributed by atoms with Gasteiger partial charge in [0.1, 0.15) is 5.69 Å². The van der Waals surface area contributed by atoms with E-state index in [9.17, 15) is 9.59 Å². The van der Waals surface area contributed by atoms with Gasteiger partial charge in [-0.1, -0.05) is 11.6 Å². The lowest BCUT2D eigenvalue weighted by Gasteiger charge is -2.29. The molecule has 1 aromatic rings. The van der Waals surface area contributed by atoms with Crippen molar-refractivity contribution in [3.63, 3.8) is 0 Å². The second-order valence-electron chi connectivity index (χ2n) is 5.12. The van der Waals surface area contributed by atoms with Crippen molar-refractivity contribution in [3.05, 3.63) is 23.0 Å². The molecule has 1 aliphatic rings. The Kier molecular flexibility index (Phi) is 5.25. The standard InChI is InChI=1S/C14H21ClN4O2/c1-3-18-9-11(15)8-12(18)14(21)17(2)10-13(20)19-6-4-16-5-7-19/h8-9,16H,3-7,10H2,1-2H3. The Bertz CT molecular complexity index is 523. The summed E-state index contributed by atoms with van der Waals surface area (Å²) in [4.78, 5) is 27.8. The van der Waals surface area contributed by atoms with Crippen LogP contribution in [-0.2, 0) is 11.3 Å². The lowest BCUT2D eigenvalue weighted by molar-refractivity contribution is -0.132. The van der Waals surface area contributed by atoms with E-state index in [-0.39, 0.29) is 18.4 Å². The van der Waals surface area contributed by atoms with E-state index in [1.807, 2.05) is 6.92 Å². The van der Waals surface area contributed by atoms with E-state index in [1.54, 1.807) is 28.8 Å². The molecule has 1 N–H and O–H groups in total. The number of amides is 2. The van der Waals surface area contributed by atoms with E-state index in [2.05, 4.69) is 5.32 Å². The predicted molar refractivity (Wildman–Crippen MR) is 81.5 cm³/mol. The zero-order valence-corrected chi connectivity index (χ0v) is 13.2. The monoisotopic (exact) mass is 312 g/mol. The highest BCUT2D eigenvalue weighted by Crippen LogP contribution is 2.15. The number of nitrogens with one attached hydrogen (secondary N) is 1. The molecule has 7 heteroatoms. The fraction of sp³-hybridized carbons (Fsp3) is 0.571. The first-order valence-electron chi connectivity index (χ1n) is 7.12. The molecule has 0 bridgehead atoms. The van der Waals surface area contributed by atoms with Crippen molar-refractivity contribution < 1.29 is 9.59 Å². The third-order valence-electron chi connectivity index (χ3n) is 3.61. The molecule has 1 aromatic heterocycles. The van der Waals surface area contributed by atoms with Gasteiger partial charge in [-0.15, -0.1) is 0 Å². The number of piperazine rings is 1. The summed E-state index contributed by atoms with van der Waals surface area (Å²) < 4.78 is 1.79. The summed E-state index contributed by atoms with van der Waals surface area (Å²) in [6.07, 6.45) is 1.72. The van der Waals surface area contributed by atoms with Crippen LogP contribution in [0.25, 0.3) is 0 Å². The SMILES string of the molecule is CCn1cc(Cl)cc1C(=O)N(C)CC(=O)N1CCNCC1. The minimum atomic E-state index is -0.188. The molecule has 0 unspecified atom stereocenters. The van der Waals surface area contributed by atoms with Gasteiger partial charge in [-0.05, 0) is 13.0 Å². The molecular weight excluding hydrogens is 292 g/mol. The molecule has 2 rings (SSSR count). The van der Waals surface area contributed by atoms with Gasteiger partial charge in [-0.2, -0.15) is 0 Å². The van der Waals surface area contributed by atoms with Crippen LogP contribution in [0.1, 0.15) is 17.4 Å². The topological polar surface area (TPSA) is 57.6 Å². The van der Waals surface area contributed by atoms with Gasteiger partial charge < -0.3 is 19.7 Å². The fourth-order valence-electron chi connectivity index (χ4n) is 2.40. The van der Waals surface area contributed by atoms with Gasteiger partial charge in [0.25, 0.3) is 5.91 Å². The van der Waals surface area contributed by atoms with Crippen molar-refractivity contribution in [1.82, 2.24) is 19.7 Å². The molecule has 2 amide bonds. The first-order chi connectivity index (χ1) is 10.0. The number of carbonyl (C=O) groups excluding carboxylic acids is 2. The second-order valence-corrected chi connectivity index (χ2v) is 5.56. The third kappa shape index (κ3) is 3.77. The maximum absolute atomic E-state index is 12.4. The van der Waals surface area contributed by atoms with Gasteiger partial charge >= 0.3 is 0 Å². The van der Waals surface area contributed by atoms with Crippen LogP contribution in [0.4, 0.5) is 0 Å². The molecular formula is C14H21ClN4O2. The highest BCUT2D eigenvalue weighted by molar-refractivity contribution is 6.31. The number of hydrogen-bond donors (Lipinski definition) is 1. The van der Waals surface area contributed by atoms with Crippen molar-refractivity contribution in [2.45, 2.75) is 13.5 Å². The van der Waals surface area contributed by atoms with Gasteiger partial charge in [-0.25, -0.2) is 0 Å². The van der Waals surface area contributed by atoms with Crippen molar-refractivity contribution >= 4 is 23.4 Å². The predicted octanol–water partition coefficient (Wildman–Crippen LogP) is 0.665. The molecule has 0 atom stereocenters. The van der Waals surface area contributed by atoms with Crippen molar-refractivity contribution in [2.75, 3.05) is 39.8 Å². The Hall–Kier alpha value is -1.53. The van der Waals surface area contributed by atoms with Gasteiger partial charge in [0.05, 0.1) is 11.6 Å². The Morgan fingerprint density at radius 2 is 2.05 bits per heavy atom. The van der Waals surface area contributed by atoms with E-state index in [1.165, 1.54) is 4.90 Å². The van der Waals surface area contributed by atoms with E-state index in [4.69, 9.17) is 11.6 Å². The van der Waals surface area contributed by atoms with Gasteiger partial charge in [-0.3, -0.25) is 9.59 Å². The molecule has 21 heavy (non-hydrogen) atoms. The molecule has 0 spiro atoms. The highest BCUT2D eigenvalue weighted by Gasteiger charge is 2.22. The lowest BCUT2D eigenvalue weighted by atomic mass is 10.3. The Morgan fingerprint density at radius 1 is 1.38 bits per heavy atom. The summed E-state index contributed by atoms with van der Waals surface area (Å²) in [6, 6.07) is 1.64. The average molecular weight is 313 g/mol. The average Bonchev–Trinajstić information content (AvgIpc) is 2.88. The molecule has 0 saturated carbocycles. The molecule has 1 fully saturated rings. The fourth-order valence-corrected chi connectivity index (χ4v) is 2.62. The largest absolute Gasteiger partial charge is 0.342 e. The highest BCUT2D eigenvalue weighted by atomic mass is 35.5. The van der Waals surface area contributed by atoms with Gasteiger partial charge in [0.2, 0.25) is 5.91 Å². The number of aryl methyl sites for hydroxylation is 1. The molecule has 0 aliphatic carbocycles. The van der Waals surface area contributed by atoms with Crippen molar-refractivity contribution in [1.29, 1.82) is 0 Å². The number of nitrogens with zero attached hydrogens (tertiary/aromatic N) is 3. The molecule has 2 heterocycles. The van der Waals surface area contributed by atoms with E-state index in [0.717, 1.165) is 13.1 Å².